The molecular weight excluding hydrogens is 306 g/mol. The van der Waals surface area contributed by atoms with Crippen LogP contribution in [0.3, 0.4) is 0 Å². The summed E-state index contributed by atoms with van der Waals surface area (Å²) >= 11 is 8.29. The number of halogens is 1. The predicted octanol–water partition coefficient (Wildman–Crippen LogP) is 3.60. The van der Waals surface area contributed by atoms with Crippen molar-refractivity contribution in [3.8, 4) is 17.0 Å². The number of hydrogen-bond donors (Lipinski definition) is 1. The van der Waals surface area contributed by atoms with Gasteiger partial charge < -0.3 is 10.5 Å². The van der Waals surface area contributed by atoms with E-state index in [4.69, 9.17) is 22.1 Å². The highest BCUT2D eigenvalue weighted by atomic mass is 35.5. The molecule has 2 N–H and O–H groups in total. The van der Waals surface area contributed by atoms with Gasteiger partial charge in [0.05, 0.1) is 10.7 Å². The average Bonchev–Trinajstić information content (AvgIpc) is 2.82. The molecule has 0 bridgehead atoms. The molecule has 1 aliphatic rings. The Kier molecular flexibility index (Phi) is 4.31. The van der Waals surface area contributed by atoms with E-state index in [-0.39, 0.29) is 6.10 Å². The molecule has 2 heterocycles. The molecule has 0 saturated carbocycles. The van der Waals surface area contributed by atoms with Crippen LogP contribution in [0, 0.1) is 0 Å². The fourth-order valence-electron chi connectivity index (χ4n) is 2.36. The molecule has 1 aromatic heterocycles. The van der Waals surface area contributed by atoms with Gasteiger partial charge in [0.15, 0.2) is 0 Å². The van der Waals surface area contributed by atoms with Gasteiger partial charge in [-0.15, -0.1) is 0 Å². The Morgan fingerprint density at radius 2 is 2.29 bits per heavy atom. The van der Waals surface area contributed by atoms with Crippen molar-refractivity contribution in [2.45, 2.75) is 18.9 Å². The van der Waals surface area contributed by atoms with Crippen LogP contribution in [0.2, 0.25) is 5.02 Å². The predicted molar refractivity (Wildman–Crippen MR) is 89.0 cm³/mol. The number of thioether (sulfide) groups is 1. The standard InChI is InChI=1S/C15H18ClN3OS/c1-19-15(17)8-13(18-19)10-4-5-14(12(16)7-10)20-11-3-2-6-21-9-11/h4-5,7-8,11H,2-3,6,9,17H2,1H3. The first kappa shape index (κ1) is 14.6. The smallest absolute Gasteiger partial charge is 0.138 e. The maximum Gasteiger partial charge on any atom is 0.138 e. The number of anilines is 1. The summed E-state index contributed by atoms with van der Waals surface area (Å²) in [5.41, 5.74) is 7.57. The summed E-state index contributed by atoms with van der Waals surface area (Å²) in [6.45, 7) is 0. The fraction of sp³-hybridized carbons (Fsp3) is 0.400. The molecule has 0 aliphatic carbocycles. The van der Waals surface area contributed by atoms with E-state index in [1.165, 1.54) is 12.2 Å². The van der Waals surface area contributed by atoms with Crippen molar-refractivity contribution in [1.82, 2.24) is 9.78 Å². The molecule has 3 rings (SSSR count). The van der Waals surface area contributed by atoms with E-state index in [0.29, 0.717) is 10.8 Å². The van der Waals surface area contributed by atoms with Crippen LogP contribution >= 0.6 is 23.4 Å². The summed E-state index contributed by atoms with van der Waals surface area (Å²) in [5, 5.41) is 4.97. The van der Waals surface area contributed by atoms with Crippen LogP contribution in [0.25, 0.3) is 11.3 Å². The van der Waals surface area contributed by atoms with Gasteiger partial charge in [0.2, 0.25) is 0 Å². The Hall–Kier alpha value is -1.33. The third kappa shape index (κ3) is 3.30. The molecule has 1 atom stereocenters. The Morgan fingerprint density at radius 1 is 1.43 bits per heavy atom. The maximum absolute atomic E-state index is 6.35. The molecule has 2 aromatic rings. The number of rotatable bonds is 3. The highest BCUT2D eigenvalue weighted by molar-refractivity contribution is 7.99. The van der Waals surface area contributed by atoms with Crippen molar-refractivity contribution in [3.63, 3.8) is 0 Å². The molecule has 4 nitrogen and oxygen atoms in total. The Balaban J connectivity index is 1.79. The zero-order valence-electron chi connectivity index (χ0n) is 11.9. The van der Waals surface area contributed by atoms with Crippen molar-refractivity contribution in [2.24, 2.45) is 7.05 Å². The SMILES string of the molecule is Cn1nc(-c2ccc(OC3CCCSC3)c(Cl)c2)cc1N. The van der Waals surface area contributed by atoms with E-state index in [1.807, 2.05) is 43.1 Å². The lowest BCUT2D eigenvalue weighted by Crippen LogP contribution is -2.23. The molecule has 6 heteroatoms. The molecule has 1 aromatic carbocycles. The van der Waals surface area contributed by atoms with Gasteiger partial charge >= 0.3 is 0 Å². The van der Waals surface area contributed by atoms with Crippen molar-refractivity contribution < 1.29 is 4.74 Å². The number of nitrogen functional groups attached to an aromatic ring is 1. The number of nitrogens with two attached hydrogens (primary N) is 1. The summed E-state index contributed by atoms with van der Waals surface area (Å²) in [5.74, 6) is 3.64. The third-order valence-electron chi connectivity index (χ3n) is 3.56. The first-order chi connectivity index (χ1) is 10.1. The molecule has 0 amide bonds. The quantitative estimate of drug-likeness (QED) is 0.937. The maximum atomic E-state index is 6.35. The van der Waals surface area contributed by atoms with E-state index in [2.05, 4.69) is 5.10 Å². The van der Waals surface area contributed by atoms with Crippen LogP contribution in [0.15, 0.2) is 24.3 Å². The van der Waals surface area contributed by atoms with E-state index >= 15 is 0 Å². The fourth-order valence-corrected chi connectivity index (χ4v) is 3.62. The lowest BCUT2D eigenvalue weighted by molar-refractivity contribution is 0.211. The van der Waals surface area contributed by atoms with Gasteiger partial charge in [-0.3, -0.25) is 4.68 Å². The Bertz CT molecular complexity index is 618. The topological polar surface area (TPSA) is 53.1 Å². The summed E-state index contributed by atoms with van der Waals surface area (Å²) in [7, 11) is 1.82. The largest absolute Gasteiger partial charge is 0.488 e. The molecule has 0 radical (unpaired) electrons. The zero-order valence-corrected chi connectivity index (χ0v) is 13.5. The van der Waals surface area contributed by atoms with Gasteiger partial charge in [0.1, 0.15) is 17.7 Å². The lowest BCUT2D eigenvalue weighted by Gasteiger charge is -2.23. The number of ether oxygens (including phenoxy) is 1. The van der Waals surface area contributed by atoms with Gasteiger partial charge in [-0.05, 0) is 36.8 Å². The highest BCUT2D eigenvalue weighted by Crippen LogP contribution is 2.32. The molecule has 112 valence electrons. The van der Waals surface area contributed by atoms with Gasteiger partial charge in [0.25, 0.3) is 0 Å². The number of hydrogen-bond acceptors (Lipinski definition) is 4. The number of aryl methyl sites for hydroxylation is 1. The van der Waals surface area contributed by atoms with Crippen LogP contribution in [0.5, 0.6) is 5.75 Å². The first-order valence-corrected chi connectivity index (χ1v) is 8.50. The van der Waals surface area contributed by atoms with Crippen molar-refractivity contribution in [1.29, 1.82) is 0 Å². The van der Waals surface area contributed by atoms with Crippen LogP contribution in [0.4, 0.5) is 5.82 Å². The molecule has 1 fully saturated rings. The van der Waals surface area contributed by atoms with Crippen molar-refractivity contribution in [3.05, 3.63) is 29.3 Å². The summed E-state index contributed by atoms with van der Waals surface area (Å²) in [4.78, 5) is 0. The van der Waals surface area contributed by atoms with E-state index in [9.17, 15) is 0 Å². The first-order valence-electron chi connectivity index (χ1n) is 6.97. The minimum absolute atomic E-state index is 0.262. The molecule has 1 aliphatic heterocycles. The second-order valence-electron chi connectivity index (χ2n) is 5.18. The molecule has 0 spiro atoms. The second-order valence-corrected chi connectivity index (χ2v) is 6.74. The molecule has 21 heavy (non-hydrogen) atoms. The van der Waals surface area contributed by atoms with Gasteiger partial charge in [-0.25, -0.2) is 0 Å². The third-order valence-corrected chi connectivity index (χ3v) is 5.04. The number of benzene rings is 1. The summed E-state index contributed by atoms with van der Waals surface area (Å²) in [6.07, 6.45) is 2.57. The van der Waals surface area contributed by atoms with Gasteiger partial charge in [-0.1, -0.05) is 11.6 Å². The van der Waals surface area contributed by atoms with E-state index in [1.54, 1.807) is 4.68 Å². The lowest BCUT2D eigenvalue weighted by atomic mass is 10.1. The molecular formula is C15H18ClN3OS. The summed E-state index contributed by atoms with van der Waals surface area (Å²) in [6, 6.07) is 7.61. The number of aromatic nitrogens is 2. The van der Waals surface area contributed by atoms with Crippen LogP contribution in [-0.4, -0.2) is 27.4 Å². The zero-order chi connectivity index (χ0) is 14.8. The van der Waals surface area contributed by atoms with Crippen molar-refractivity contribution >= 4 is 29.2 Å². The van der Waals surface area contributed by atoms with Crippen LogP contribution < -0.4 is 10.5 Å². The molecule has 1 saturated heterocycles. The highest BCUT2D eigenvalue weighted by Gasteiger charge is 2.17. The van der Waals surface area contributed by atoms with Crippen LogP contribution in [-0.2, 0) is 7.05 Å². The van der Waals surface area contributed by atoms with Crippen LogP contribution in [0.1, 0.15) is 12.8 Å². The van der Waals surface area contributed by atoms with Crippen molar-refractivity contribution in [2.75, 3.05) is 17.2 Å². The van der Waals surface area contributed by atoms with E-state index in [0.717, 1.165) is 29.2 Å². The minimum atomic E-state index is 0.262. The summed E-state index contributed by atoms with van der Waals surface area (Å²) < 4.78 is 7.65. The normalized spacial score (nSPS) is 18.7. The Labute approximate surface area is 133 Å². The Morgan fingerprint density at radius 3 is 2.90 bits per heavy atom. The monoisotopic (exact) mass is 323 g/mol. The second kappa shape index (κ2) is 6.20. The van der Waals surface area contributed by atoms with Gasteiger partial charge in [-0.2, -0.15) is 16.9 Å². The number of nitrogens with zero attached hydrogens (tertiary/aromatic N) is 2. The average molecular weight is 324 g/mol. The van der Waals surface area contributed by atoms with Gasteiger partial charge in [0, 0.05) is 24.4 Å². The minimum Gasteiger partial charge on any atom is -0.488 e. The molecule has 1 unspecified atom stereocenters. The van der Waals surface area contributed by atoms with E-state index < -0.39 is 0 Å².